The molecule has 0 spiro atoms. The maximum absolute atomic E-state index is 5.97. The van der Waals surface area contributed by atoms with Gasteiger partial charge >= 0.3 is 0 Å². The van der Waals surface area contributed by atoms with Gasteiger partial charge in [-0.15, -0.1) is 0 Å². The molecule has 1 saturated heterocycles. The van der Waals surface area contributed by atoms with Crippen molar-refractivity contribution in [2.24, 2.45) is 5.73 Å². The Morgan fingerprint density at radius 1 is 1.45 bits per heavy atom. The Kier molecular flexibility index (Phi) is 5.68. The van der Waals surface area contributed by atoms with Crippen molar-refractivity contribution in [3.8, 4) is 11.5 Å². The minimum absolute atomic E-state index is 0.0472. The highest BCUT2D eigenvalue weighted by molar-refractivity contribution is 5.42. The highest BCUT2D eigenvalue weighted by Gasteiger charge is 2.15. The Morgan fingerprint density at radius 3 is 2.95 bits per heavy atom. The first-order valence-corrected chi connectivity index (χ1v) is 7.38. The van der Waals surface area contributed by atoms with Crippen LogP contribution in [0.2, 0.25) is 0 Å². The van der Waals surface area contributed by atoms with Gasteiger partial charge in [0, 0.05) is 24.3 Å². The Balaban J connectivity index is 1.86. The summed E-state index contributed by atoms with van der Waals surface area (Å²) in [5, 5.41) is 0. The van der Waals surface area contributed by atoms with Gasteiger partial charge in [0.1, 0.15) is 11.5 Å². The second-order valence-electron chi connectivity index (χ2n) is 5.32. The fraction of sp³-hybridized carbons (Fsp3) is 0.625. The maximum Gasteiger partial charge on any atom is 0.127 e. The second kappa shape index (κ2) is 7.50. The van der Waals surface area contributed by atoms with E-state index in [9.17, 15) is 0 Å². The molecular weight excluding hydrogens is 254 g/mol. The largest absolute Gasteiger partial charge is 0.497 e. The van der Waals surface area contributed by atoms with Crippen LogP contribution >= 0.6 is 0 Å². The second-order valence-corrected chi connectivity index (χ2v) is 5.32. The summed E-state index contributed by atoms with van der Waals surface area (Å²) in [7, 11) is 1.65. The highest BCUT2D eigenvalue weighted by Crippen LogP contribution is 2.29. The molecule has 1 aliphatic heterocycles. The summed E-state index contributed by atoms with van der Waals surface area (Å²) in [4.78, 5) is 0. The van der Waals surface area contributed by atoms with Gasteiger partial charge in [0.15, 0.2) is 0 Å². The van der Waals surface area contributed by atoms with Gasteiger partial charge in [-0.1, -0.05) is 6.07 Å². The lowest BCUT2D eigenvalue weighted by Crippen LogP contribution is -2.11. The van der Waals surface area contributed by atoms with E-state index in [0.29, 0.717) is 12.7 Å². The van der Waals surface area contributed by atoms with Crippen molar-refractivity contribution < 1.29 is 14.2 Å². The summed E-state index contributed by atoms with van der Waals surface area (Å²) in [5.74, 6) is 1.62. The number of rotatable bonds is 7. The molecule has 2 rings (SSSR count). The van der Waals surface area contributed by atoms with Gasteiger partial charge in [0.25, 0.3) is 0 Å². The van der Waals surface area contributed by atoms with Gasteiger partial charge in [0.2, 0.25) is 0 Å². The van der Waals surface area contributed by atoms with Crippen molar-refractivity contribution in [1.29, 1.82) is 0 Å². The molecule has 1 aromatic rings. The van der Waals surface area contributed by atoms with E-state index in [1.807, 2.05) is 25.1 Å². The van der Waals surface area contributed by atoms with Crippen LogP contribution in [0.3, 0.4) is 0 Å². The molecule has 112 valence electrons. The monoisotopic (exact) mass is 279 g/mol. The quantitative estimate of drug-likeness (QED) is 0.779. The third-order valence-corrected chi connectivity index (χ3v) is 3.66. The van der Waals surface area contributed by atoms with E-state index >= 15 is 0 Å². The summed E-state index contributed by atoms with van der Waals surface area (Å²) in [6.07, 6.45) is 4.87. The maximum atomic E-state index is 5.97. The molecule has 2 N–H and O–H groups in total. The minimum atomic E-state index is -0.0472. The number of ether oxygens (including phenoxy) is 3. The van der Waals surface area contributed by atoms with Gasteiger partial charge in [0.05, 0.1) is 19.8 Å². The Labute approximate surface area is 121 Å². The average Bonchev–Trinajstić information content (AvgIpc) is 2.96. The fourth-order valence-electron chi connectivity index (χ4n) is 2.51. The SMILES string of the molecule is COc1ccc(C(C)N)c(OCCCC2CCCO2)c1. The first-order chi connectivity index (χ1) is 9.70. The summed E-state index contributed by atoms with van der Waals surface area (Å²) < 4.78 is 16.7. The molecule has 0 aromatic heterocycles. The Morgan fingerprint density at radius 2 is 2.30 bits per heavy atom. The van der Waals surface area contributed by atoms with Crippen LogP contribution in [0.4, 0.5) is 0 Å². The van der Waals surface area contributed by atoms with Gasteiger partial charge in [-0.05, 0) is 38.7 Å². The first kappa shape index (κ1) is 15.1. The van der Waals surface area contributed by atoms with Crippen LogP contribution in [-0.2, 0) is 4.74 Å². The van der Waals surface area contributed by atoms with Gasteiger partial charge in [-0.2, -0.15) is 0 Å². The van der Waals surface area contributed by atoms with E-state index in [4.69, 9.17) is 19.9 Å². The third-order valence-electron chi connectivity index (χ3n) is 3.66. The van der Waals surface area contributed by atoms with Gasteiger partial charge in [-0.3, -0.25) is 0 Å². The van der Waals surface area contributed by atoms with Crippen molar-refractivity contribution >= 4 is 0 Å². The first-order valence-electron chi connectivity index (χ1n) is 7.38. The lowest BCUT2D eigenvalue weighted by molar-refractivity contribution is 0.0980. The third kappa shape index (κ3) is 4.12. The van der Waals surface area contributed by atoms with E-state index in [0.717, 1.165) is 36.5 Å². The number of hydrogen-bond acceptors (Lipinski definition) is 4. The van der Waals surface area contributed by atoms with Crippen LogP contribution in [-0.4, -0.2) is 26.4 Å². The standard InChI is InChI=1S/C16H25NO3/c1-12(17)15-8-7-14(18-2)11-16(15)20-10-4-6-13-5-3-9-19-13/h7-8,11-13H,3-6,9-10,17H2,1-2H3. The zero-order chi connectivity index (χ0) is 14.4. The van der Waals surface area contributed by atoms with Gasteiger partial charge in [-0.25, -0.2) is 0 Å². The summed E-state index contributed by atoms with van der Waals surface area (Å²) >= 11 is 0. The molecule has 0 saturated carbocycles. The van der Waals surface area contributed by atoms with Crippen molar-refractivity contribution in [2.45, 2.75) is 44.8 Å². The van der Waals surface area contributed by atoms with E-state index in [1.54, 1.807) is 7.11 Å². The topological polar surface area (TPSA) is 53.7 Å². The van der Waals surface area contributed by atoms with Crippen LogP contribution in [0.15, 0.2) is 18.2 Å². The predicted molar refractivity (Wildman–Crippen MR) is 79.3 cm³/mol. The molecule has 0 aliphatic carbocycles. The smallest absolute Gasteiger partial charge is 0.127 e. The molecule has 0 bridgehead atoms. The molecule has 1 fully saturated rings. The van der Waals surface area contributed by atoms with Crippen molar-refractivity contribution in [3.05, 3.63) is 23.8 Å². The minimum Gasteiger partial charge on any atom is -0.497 e. The van der Waals surface area contributed by atoms with Crippen molar-refractivity contribution in [3.63, 3.8) is 0 Å². The van der Waals surface area contributed by atoms with E-state index in [1.165, 1.54) is 12.8 Å². The molecule has 4 heteroatoms. The number of methoxy groups -OCH3 is 1. The van der Waals surface area contributed by atoms with E-state index < -0.39 is 0 Å². The zero-order valence-electron chi connectivity index (χ0n) is 12.4. The molecule has 0 radical (unpaired) electrons. The number of benzene rings is 1. The molecule has 2 atom stereocenters. The fourth-order valence-corrected chi connectivity index (χ4v) is 2.51. The number of hydrogen-bond donors (Lipinski definition) is 1. The molecule has 2 unspecified atom stereocenters. The summed E-state index contributed by atoms with van der Waals surface area (Å²) in [6.45, 7) is 3.56. The zero-order valence-corrected chi connectivity index (χ0v) is 12.4. The normalized spacial score (nSPS) is 19.9. The van der Waals surface area contributed by atoms with Crippen LogP contribution in [0.1, 0.15) is 44.2 Å². The molecule has 1 aromatic carbocycles. The average molecular weight is 279 g/mol. The Bertz CT molecular complexity index is 414. The summed E-state index contributed by atoms with van der Waals surface area (Å²) in [5.41, 5.74) is 6.99. The van der Waals surface area contributed by atoms with Crippen LogP contribution in [0.25, 0.3) is 0 Å². The van der Waals surface area contributed by atoms with Gasteiger partial charge < -0.3 is 19.9 Å². The molecule has 4 nitrogen and oxygen atoms in total. The van der Waals surface area contributed by atoms with Crippen molar-refractivity contribution in [1.82, 2.24) is 0 Å². The van der Waals surface area contributed by atoms with E-state index in [2.05, 4.69) is 0 Å². The highest BCUT2D eigenvalue weighted by atomic mass is 16.5. The molecular formula is C16H25NO3. The van der Waals surface area contributed by atoms with Crippen molar-refractivity contribution in [2.75, 3.05) is 20.3 Å². The molecule has 0 amide bonds. The van der Waals surface area contributed by atoms with Crippen LogP contribution < -0.4 is 15.2 Å². The van der Waals surface area contributed by atoms with E-state index in [-0.39, 0.29) is 6.04 Å². The molecule has 1 aliphatic rings. The number of nitrogens with two attached hydrogens (primary N) is 1. The molecule has 1 heterocycles. The lowest BCUT2D eigenvalue weighted by atomic mass is 10.1. The predicted octanol–water partition coefficient (Wildman–Crippen LogP) is 3.05. The summed E-state index contributed by atoms with van der Waals surface area (Å²) in [6, 6.07) is 5.75. The Hall–Kier alpha value is -1.26. The van der Waals surface area contributed by atoms with Crippen LogP contribution in [0.5, 0.6) is 11.5 Å². The lowest BCUT2D eigenvalue weighted by Gasteiger charge is -2.16. The van der Waals surface area contributed by atoms with Crippen LogP contribution in [0, 0.1) is 0 Å². The molecule has 20 heavy (non-hydrogen) atoms.